The van der Waals surface area contributed by atoms with Crippen molar-refractivity contribution in [2.75, 3.05) is 0 Å². The van der Waals surface area contributed by atoms with E-state index in [0.717, 1.165) is 22.0 Å². The number of para-hydroxylation sites is 1. The van der Waals surface area contributed by atoms with E-state index < -0.39 is 0 Å². The monoisotopic (exact) mass is 441 g/mol. The number of benzene rings is 4. The minimum atomic E-state index is -0.283. The summed E-state index contributed by atoms with van der Waals surface area (Å²) in [6.07, 6.45) is 2.75. The molecule has 0 atom stereocenters. The lowest BCUT2D eigenvalue weighted by atomic mass is 9.89. The third-order valence-electron chi connectivity index (χ3n) is 5.98. The maximum atomic E-state index is 13.5. The number of aldehydes is 1. The molecular weight excluding hydrogens is 418 g/mol. The molecule has 4 aromatic carbocycles. The Labute approximate surface area is 198 Å². The zero-order valence-corrected chi connectivity index (χ0v) is 18.6. The molecule has 5 aromatic rings. The highest BCUT2D eigenvalue weighted by Gasteiger charge is 2.22. The summed E-state index contributed by atoms with van der Waals surface area (Å²) < 4.78 is 2.18. The number of Topliss-reactive ketones (excluding diaryl/α,β-unsaturated/α-hetero) is 1. The van der Waals surface area contributed by atoms with Gasteiger partial charge >= 0.3 is 0 Å². The molecule has 0 aliphatic heterocycles. The fourth-order valence-corrected chi connectivity index (χ4v) is 4.39. The topological polar surface area (TPSA) is 39.1 Å². The summed E-state index contributed by atoms with van der Waals surface area (Å²) in [7, 11) is 0. The van der Waals surface area contributed by atoms with Gasteiger partial charge in [0, 0.05) is 40.3 Å². The Morgan fingerprint density at radius 1 is 0.676 bits per heavy atom. The van der Waals surface area contributed by atoms with Crippen LogP contribution in [0.4, 0.5) is 0 Å². The zero-order chi connectivity index (χ0) is 23.3. The van der Waals surface area contributed by atoms with Crippen molar-refractivity contribution in [2.45, 2.75) is 6.54 Å². The number of hydrogen-bond donors (Lipinski definition) is 0. The van der Waals surface area contributed by atoms with E-state index in [1.165, 1.54) is 5.56 Å². The van der Waals surface area contributed by atoms with E-state index in [9.17, 15) is 9.59 Å². The lowest BCUT2D eigenvalue weighted by molar-refractivity contribution is -0.104. The maximum Gasteiger partial charge on any atom is 0.196 e. The van der Waals surface area contributed by atoms with Gasteiger partial charge in [-0.15, -0.1) is 0 Å². The van der Waals surface area contributed by atoms with Crippen molar-refractivity contribution >= 4 is 28.5 Å². The molecule has 3 nitrogen and oxygen atoms in total. The van der Waals surface area contributed by atoms with Crippen molar-refractivity contribution in [3.8, 4) is 0 Å². The van der Waals surface area contributed by atoms with E-state index in [4.69, 9.17) is 0 Å². The summed E-state index contributed by atoms with van der Waals surface area (Å²) in [6, 6.07) is 37.0. The van der Waals surface area contributed by atoms with Crippen LogP contribution in [0, 0.1) is 0 Å². The highest BCUT2D eigenvalue weighted by Crippen LogP contribution is 2.35. The first-order valence-corrected chi connectivity index (χ1v) is 11.2. The quantitative estimate of drug-likeness (QED) is 0.0942. The van der Waals surface area contributed by atoms with Crippen molar-refractivity contribution in [1.29, 1.82) is 0 Å². The van der Waals surface area contributed by atoms with Gasteiger partial charge in [0.25, 0.3) is 0 Å². The molecule has 0 saturated heterocycles. The smallest absolute Gasteiger partial charge is 0.196 e. The van der Waals surface area contributed by atoms with Crippen LogP contribution in [0.1, 0.15) is 27.0 Å². The number of nitrogens with zero attached hydrogens (tertiary/aromatic N) is 1. The largest absolute Gasteiger partial charge is 0.342 e. The first kappa shape index (κ1) is 21.4. The second kappa shape index (κ2) is 9.55. The van der Waals surface area contributed by atoms with Gasteiger partial charge in [0.2, 0.25) is 0 Å². The van der Waals surface area contributed by atoms with Crippen molar-refractivity contribution in [1.82, 2.24) is 4.57 Å². The summed E-state index contributed by atoms with van der Waals surface area (Å²) in [5.41, 5.74) is 5.21. The zero-order valence-electron chi connectivity index (χ0n) is 18.6. The summed E-state index contributed by atoms with van der Waals surface area (Å²) in [4.78, 5) is 26.0. The van der Waals surface area contributed by atoms with E-state index in [0.29, 0.717) is 24.0 Å². The Morgan fingerprint density at radius 2 is 1.24 bits per heavy atom. The van der Waals surface area contributed by atoms with Gasteiger partial charge < -0.3 is 4.57 Å². The number of fused-ring (bicyclic) bond motifs is 1. The Hall–Kier alpha value is -4.50. The molecule has 0 spiro atoms. The number of rotatable bonds is 7. The molecule has 5 rings (SSSR count). The molecule has 0 fully saturated rings. The minimum absolute atomic E-state index is 0.153. The third kappa shape index (κ3) is 4.12. The summed E-state index contributed by atoms with van der Waals surface area (Å²) >= 11 is 0. The van der Waals surface area contributed by atoms with Crippen LogP contribution in [0.25, 0.3) is 16.5 Å². The van der Waals surface area contributed by atoms with E-state index >= 15 is 0 Å². The summed E-state index contributed by atoms with van der Waals surface area (Å²) in [6.45, 7) is 0.687. The number of carbonyl (C=O) groups is 2. The molecule has 0 amide bonds. The lowest BCUT2D eigenvalue weighted by Crippen LogP contribution is -2.08. The molecule has 0 radical (unpaired) electrons. The molecule has 164 valence electrons. The first-order valence-electron chi connectivity index (χ1n) is 11.2. The molecule has 0 saturated carbocycles. The highest BCUT2D eigenvalue weighted by atomic mass is 16.1. The highest BCUT2D eigenvalue weighted by molar-refractivity contribution is 6.27. The van der Waals surface area contributed by atoms with Crippen LogP contribution in [-0.4, -0.2) is 16.6 Å². The minimum Gasteiger partial charge on any atom is -0.342 e. The van der Waals surface area contributed by atoms with Gasteiger partial charge in [-0.3, -0.25) is 9.59 Å². The van der Waals surface area contributed by atoms with Crippen LogP contribution in [0.2, 0.25) is 0 Å². The first-order chi connectivity index (χ1) is 16.8. The normalized spacial score (nSPS) is 11.8. The molecule has 0 aliphatic carbocycles. The number of ketones is 1. The fourth-order valence-electron chi connectivity index (χ4n) is 4.39. The summed E-state index contributed by atoms with van der Waals surface area (Å²) in [5.74, 6) is -0.283. The van der Waals surface area contributed by atoms with Crippen LogP contribution < -0.4 is 0 Å². The molecule has 3 heteroatoms. The molecule has 0 aliphatic rings. The average molecular weight is 442 g/mol. The average Bonchev–Trinajstić information content (AvgIpc) is 3.26. The van der Waals surface area contributed by atoms with Gasteiger partial charge in [-0.2, -0.15) is 0 Å². The van der Waals surface area contributed by atoms with Gasteiger partial charge in [-0.05, 0) is 17.2 Å². The third-order valence-corrected chi connectivity index (χ3v) is 5.98. The van der Waals surface area contributed by atoms with Crippen molar-refractivity contribution in [2.24, 2.45) is 0 Å². The predicted molar refractivity (Wildman–Crippen MR) is 137 cm³/mol. The Kier molecular flexibility index (Phi) is 6.00. The second-order valence-electron chi connectivity index (χ2n) is 8.14. The Morgan fingerprint density at radius 3 is 1.88 bits per heavy atom. The second-order valence-corrected chi connectivity index (χ2v) is 8.14. The Balaban J connectivity index is 1.76. The van der Waals surface area contributed by atoms with Crippen LogP contribution in [0.3, 0.4) is 0 Å². The summed E-state index contributed by atoms with van der Waals surface area (Å²) in [5, 5.41) is 0.998. The van der Waals surface area contributed by atoms with Gasteiger partial charge in [0.05, 0.1) is 5.57 Å². The van der Waals surface area contributed by atoms with E-state index in [2.05, 4.69) is 29.0 Å². The number of aromatic nitrogens is 1. The van der Waals surface area contributed by atoms with Crippen LogP contribution in [0.15, 0.2) is 127 Å². The van der Waals surface area contributed by atoms with Crippen LogP contribution >= 0.6 is 0 Å². The van der Waals surface area contributed by atoms with Crippen LogP contribution in [0.5, 0.6) is 0 Å². The van der Waals surface area contributed by atoms with Gasteiger partial charge in [0.15, 0.2) is 12.1 Å². The molecule has 0 N–H and O–H groups in total. The van der Waals surface area contributed by atoms with Crippen LogP contribution in [-0.2, 0) is 11.3 Å². The number of allylic oxidation sites excluding steroid dienone is 1. The van der Waals surface area contributed by atoms with Crippen molar-refractivity contribution in [3.05, 3.63) is 149 Å². The molecule has 0 bridgehead atoms. The number of carbonyl (C=O) groups excluding carboxylic acids is 2. The molecule has 0 unspecified atom stereocenters. The number of hydrogen-bond acceptors (Lipinski definition) is 2. The molecular formula is C31H23NO2. The van der Waals surface area contributed by atoms with Crippen molar-refractivity contribution < 1.29 is 9.59 Å². The van der Waals surface area contributed by atoms with Gasteiger partial charge in [-0.25, -0.2) is 0 Å². The molecule has 1 heterocycles. The van der Waals surface area contributed by atoms with Gasteiger partial charge in [-0.1, -0.05) is 109 Å². The van der Waals surface area contributed by atoms with Gasteiger partial charge in [0.1, 0.15) is 0 Å². The lowest BCUT2D eigenvalue weighted by Gasteiger charge is -2.12. The standard InChI is InChI=1S/C31H23NO2/c33-22-28(31(34)25-16-8-3-9-17-25)30(24-14-6-2-7-15-24)27-21-32(20-23-12-4-1-5-13-23)29-19-11-10-18-26(27)29/h1-19,21-22H,20H2/b30-28-. The Bertz CT molecular complexity index is 1480. The SMILES string of the molecule is O=C/C(C(=O)c1ccccc1)=C(\c1ccccc1)c1cn(Cc2ccccc2)c2ccccc12. The predicted octanol–water partition coefficient (Wildman–Crippen LogP) is 6.57. The van der Waals surface area contributed by atoms with E-state index in [1.54, 1.807) is 12.1 Å². The molecule has 1 aromatic heterocycles. The molecule has 34 heavy (non-hydrogen) atoms. The van der Waals surface area contributed by atoms with E-state index in [1.807, 2.05) is 84.9 Å². The maximum absolute atomic E-state index is 13.5. The fraction of sp³-hybridized carbons (Fsp3) is 0.0323. The van der Waals surface area contributed by atoms with Crippen molar-refractivity contribution in [3.63, 3.8) is 0 Å². The van der Waals surface area contributed by atoms with E-state index in [-0.39, 0.29) is 11.4 Å².